The SMILES string of the molecule is CN(CCN)Cc1ccc(Cl)cc1Br. The third kappa shape index (κ3) is 3.58. The summed E-state index contributed by atoms with van der Waals surface area (Å²) in [5.74, 6) is 0. The van der Waals surface area contributed by atoms with Crippen LogP contribution in [-0.2, 0) is 6.54 Å². The number of rotatable bonds is 4. The molecule has 14 heavy (non-hydrogen) atoms. The van der Waals surface area contributed by atoms with Gasteiger partial charge in [-0.25, -0.2) is 0 Å². The number of hydrogen-bond donors (Lipinski definition) is 1. The molecule has 0 fully saturated rings. The first-order chi connectivity index (χ1) is 6.63. The van der Waals surface area contributed by atoms with Crippen LogP contribution in [-0.4, -0.2) is 25.0 Å². The highest BCUT2D eigenvalue weighted by Crippen LogP contribution is 2.22. The Balaban J connectivity index is 2.67. The summed E-state index contributed by atoms with van der Waals surface area (Å²) in [5.41, 5.74) is 6.70. The smallest absolute Gasteiger partial charge is 0.0417 e. The molecule has 0 aliphatic rings. The minimum absolute atomic E-state index is 0.682. The predicted molar refractivity (Wildman–Crippen MR) is 64.5 cm³/mol. The van der Waals surface area contributed by atoms with Crippen LogP contribution in [0.5, 0.6) is 0 Å². The molecular weight excluding hydrogens is 263 g/mol. The largest absolute Gasteiger partial charge is 0.329 e. The number of hydrogen-bond acceptors (Lipinski definition) is 2. The predicted octanol–water partition coefficient (Wildman–Crippen LogP) is 2.49. The monoisotopic (exact) mass is 276 g/mol. The lowest BCUT2D eigenvalue weighted by atomic mass is 10.2. The van der Waals surface area contributed by atoms with Crippen LogP contribution in [0.4, 0.5) is 0 Å². The van der Waals surface area contributed by atoms with E-state index < -0.39 is 0 Å². The molecule has 0 amide bonds. The minimum Gasteiger partial charge on any atom is -0.329 e. The standard InChI is InChI=1S/C10H14BrClN2/c1-14(5-4-13)7-8-2-3-9(12)6-10(8)11/h2-3,6H,4-5,7,13H2,1H3. The zero-order valence-electron chi connectivity index (χ0n) is 8.13. The molecule has 0 aromatic heterocycles. The van der Waals surface area contributed by atoms with Gasteiger partial charge in [-0.05, 0) is 24.7 Å². The highest BCUT2D eigenvalue weighted by Gasteiger charge is 2.03. The fourth-order valence-electron chi connectivity index (χ4n) is 1.24. The lowest BCUT2D eigenvalue weighted by Crippen LogP contribution is -2.25. The van der Waals surface area contributed by atoms with E-state index in [2.05, 4.69) is 20.8 Å². The molecule has 0 spiro atoms. The van der Waals surface area contributed by atoms with E-state index in [4.69, 9.17) is 17.3 Å². The molecule has 1 rings (SSSR count). The Labute approximate surface area is 98.2 Å². The van der Waals surface area contributed by atoms with Gasteiger partial charge < -0.3 is 10.6 Å². The minimum atomic E-state index is 0.682. The van der Waals surface area contributed by atoms with Crippen molar-refractivity contribution in [3.05, 3.63) is 33.3 Å². The molecule has 0 aliphatic carbocycles. The molecule has 0 saturated carbocycles. The van der Waals surface area contributed by atoms with Gasteiger partial charge in [0.1, 0.15) is 0 Å². The van der Waals surface area contributed by atoms with Crippen LogP contribution in [0.1, 0.15) is 5.56 Å². The van der Waals surface area contributed by atoms with Gasteiger partial charge in [0.2, 0.25) is 0 Å². The van der Waals surface area contributed by atoms with Gasteiger partial charge in [0, 0.05) is 29.1 Å². The van der Waals surface area contributed by atoms with E-state index in [9.17, 15) is 0 Å². The maximum absolute atomic E-state index is 5.85. The van der Waals surface area contributed by atoms with E-state index in [0.717, 1.165) is 22.6 Å². The molecule has 0 saturated heterocycles. The van der Waals surface area contributed by atoms with Crippen LogP contribution in [0.2, 0.25) is 5.02 Å². The van der Waals surface area contributed by atoms with Crippen molar-refractivity contribution in [3.63, 3.8) is 0 Å². The number of nitrogens with two attached hydrogens (primary N) is 1. The first-order valence-corrected chi connectivity index (χ1v) is 5.63. The summed E-state index contributed by atoms with van der Waals surface area (Å²) >= 11 is 9.34. The summed E-state index contributed by atoms with van der Waals surface area (Å²) in [6, 6.07) is 5.84. The fourth-order valence-corrected chi connectivity index (χ4v) is 2.05. The molecule has 78 valence electrons. The van der Waals surface area contributed by atoms with Crippen LogP contribution in [0.25, 0.3) is 0 Å². The third-order valence-corrected chi connectivity index (χ3v) is 2.94. The Kier molecular flexibility index (Phi) is 4.89. The van der Waals surface area contributed by atoms with Gasteiger partial charge in [0.25, 0.3) is 0 Å². The number of halogens is 2. The molecule has 1 aromatic rings. The van der Waals surface area contributed by atoms with Crippen molar-refractivity contribution in [3.8, 4) is 0 Å². The highest BCUT2D eigenvalue weighted by atomic mass is 79.9. The molecule has 2 N–H and O–H groups in total. The van der Waals surface area contributed by atoms with Gasteiger partial charge >= 0.3 is 0 Å². The first-order valence-electron chi connectivity index (χ1n) is 4.46. The van der Waals surface area contributed by atoms with Crippen LogP contribution in [0.15, 0.2) is 22.7 Å². The Hall–Kier alpha value is -0.0900. The topological polar surface area (TPSA) is 29.3 Å². The highest BCUT2D eigenvalue weighted by molar-refractivity contribution is 9.10. The summed E-state index contributed by atoms with van der Waals surface area (Å²) in [6.07, 6.45) is 0. The zero-order chi connectivity index (χ0) is 10.6. The second-order valence-electron chi connectivity index (χ2n) is 3.26. The van der Waals surface area contributed by atoms with Crippen LogP contribution < -0.4 is 5.73 Å². The molecule has 0 atom stereocenters. The van der Waals surface area contributed by atoms with Crippen molar-refractivity contribution >= 4 is 27.5 Å². The van der Waals surface area contributed by atoms with E-state index >= 15 is 0 Å². The summed E-state index contributed by atoms with van der Waals surface area (Å²) in [5, 5.41) is 0.752. The Morgan fingerprint density at radius 2 is 2.21 bits per heavy atom. The van der Waals surface area contributed by atoms with Gasteiger partial charge in [-0.3, -0.25) is 0 Å². The maximum Gasteiger partial charge on any atom is 0.0417 e. The normalized spacial score (nSPS) is 10.9. The van der Waals surface area contributed by atoms with E-state index in [0.29, 0.717) is 6.54 Å². The van der Waals surface area contributed by atoms with Crippen molar-refractivity contribution in [1.29, 1.82) is 0 Å². The molecule has 4 heteroatoms. The molecule has 2 nitrogen and oxygen atoms in total. The summed E-state index contributed by atoms with van der Waals surface area (Å²) < 4.78 is 1.05. The average Bonchev–Trinajstić information content (AvgIpc) is 2.10. The summed E-state index contributed by atoms with van der Waals surface area (Å²) in [7, 11) is 2.05. The Morgan fingerprint density at radius 3 is 2.79 bits per heavy atom. The second-order valence-corrected chi connectivity index (χ2v) is 4.55. The van der Waals surface area contributed by atoms with Crippen LogP contribution in [0, 0.1) is 0 Å². The number of nitrogens with zero attached hydrogens (tertiary/aromatic N) is 1. The van der Waals surface area contributed by atoms with Crippen molar-refractivity contribution in [1.82, 2.24) is 4.90 Å². The fraction of sp³-hybridized carbons (Fsp3) is 0.400. The Morgan fingerprint density at radius 1 is 1.50 bits per heavy atom. The molecule has 0 radical (unpaired) electrons. The average molecular weight is 278 g/mol. The molecular formula is C10H14BrClN2. The van der Waals surface area contributed by atoms with Gasteiger partial charge in [0.05, 0.1) is 0 Å². The molecule has 0 aliphatic heterocycles. The van der Waals surface area contributed by atoms with Gasteiger partial charge in [-0.15, -0.1) is 0 Å². The second kappa shape index (κ2) is 5.71. The van der Waals surface area contributed by atoms with E-state index in [1.54, 1.807) is 0 Å². The van der Waals surface area contributed by atoms with Crippen molar-refractivity contribution in [2.45, 2.75) is 6.54 Å². The zero-order valence-corrected chi connectivity index (χ0v) is 10.5. The lowest BCUT2D eigenvalue weighted by Gasteiger charge is -2.16. The summed E-state index contributed by atoms with van der Waals surface area (Å²) in [4.78, 5) is 2.17. The van der Waals surface area contributed by atoms with Crippen LogP contribution in [0.3, 0.4) is 0 Å². The lowest BCUT2D eigenvalue weighted by molar-refractivity contribution is 0.335. The molecule has 0 heterocycles. The number of likely N-dealkylation sites (N-methyl/N-ethyl adjacent to an activating group) is 1. The summed E-state index contributed by atoms with van der Waals surface area (Å²) in [6.45, 7) is 2.46. The van der Waals surface area contributed by atoms with Crippen molar-refractivity contribution in [2.75, 3.05) is 20.1 Å². The first kappa shape index (κ1) is 12.0. The van der Waals surface area contributed by atoms with Gasteiger partial charge in [0.15, 0.2) is 0 Å². The maximum atomic E-state index is 5.85. The van der Waals surface area contributed by atoms with Gasteiger partial charge in [-0.2, -0.15) is 0 Å². The van der Waals surface area contributed by atoms with Crippen molar-refractivity contribution < 1.29 is 0 Å². The van der Waals surface area contributed by atoms with E-state index in [-0.39, 0.29) is 0 Å². The molecule has 1 aromatic carbocycles. The van der Waals surface area contributed by atoms with E-state index in [1.807, 2.05) is 25.2 Å². The van der Waals surface area contributed by atoms with E-state index in [1.165, 1.54) is 5.56 Å². The molecule has 0 unspecified atom stereocenters. The number of benzene rings is 1. The quantitative estimate of drug-likeness (QED) is 0.916. The Bertz CT molecular complexity index is 304. The van der Waals surface area contributed by atoms with Gasteiger partial charge in [-0.1, -0.05) is 33.6 Å². The third-order valence-electron chi connectivity index (χ3n) is 1.97. The molecule has 0 bridgehead atoms. The van der Waals surface area contributed by atoms with Crippen LogP contribution >= 0.6 is 27.5 Å². The van der Waals surface area contributed by atoms with Crippen molar-refractivity contribution in [2.24, 2.45) is 5.73 Å².